The van der Waals surface area contributed by atoms with Gasteiger partial charge in [-0.05, 0) is 30.3 Å². The zero-order valence-corrected chi connectivity index (χ0v) is 11.4. The number of nitrogens with zero attached hydrogens (tertiary/aromatic N) is 3. The molecular weight excluding hydrogens is 285 g/mol. The summed E-state index contributed by atoms with van der Waals surface area (Å²) in [5, 5.41) is 7.54. The van der Waals surface area contributed by atoms with E-state index in [0.29, 0.717) is 17.0 Å². The summed E-state index contributed by atoms with van der Waals surface area (Å²) in [6.07, 6.45) is 0. The lowest BCUT2D eigenvalue weighted by atomic mass is 10.1. The van der Waals surface area contributed by atoms with Crippen LogP contribution in [0.1, 0.15) is 0 Å². The minimum absolute atomic E-state index is 0.0240. The minimum Gasteiger partial charge on any atom is -0.454 e. The molecule has 0 aliphatic heterocycles. The number of rotatable bonds is 3. The number of halogens is 1. The largest absolute Gasteiger partial charge is 0.454 e. The predicted octanol–water partition coefficient (Wildman–Crippen LogP) is 2.63. The Labute approximate surface area is 125 Å². The van der Waals surface area contributed by atoms with E-state index in [4.69, 9.17) is 16.2 Å². The van der Waals surface area contributed by atoms with Gasteiger partial charge in [-0.25, -0.2) is 4.39 Å². The summed E-state index contributed by atoms with van der Waals surface area (Å²) in [7, 11) is 0. The van der Waals surface area contributed by atoms with Gasteiger partial charge in [0.1, 0.15) is 11.4 Å². The van der Waals surface area contributed by atoms with E-state index in [1.165, 1.54) is 18.2 Å². The molecule has 110 valence electrons. The van der Waals surface area contributed by atoms with Gasteiger partial charge in [0.05, 0.1) is 0 Å². The van der Waals surface area contributed by atoms with E-state index < -0.39 is 5.82 Å². The van der Waals surface area contributed by atoms with Gasteiger partial charge < -0.3 is 16.2 Å². The summed E-state index contributed by atoms with van der Waals surface area (Å²) in [6.45, 7) is 0. The number of benzene rings is 2. The summed E-state index contributed by atoms with van der Waals surface area (Å²) < 4.78 is 19.4. The Morgan fingerprint density at radius 1 is 0.955 bits per heavy atom. The van der Waals surface area contributed by atoms with Crippen LogP contribution in [0.5, 0.6) is 11.5 Å². The average Bonchev–Trinajstić information content (AvgIpc) is 2.51. The number of para-hydroxylation sites is 1. The molecule has 0 bridgehead atoms. The molecule has 3 aromatic rings. The molecule has 3 rings (SSSR count). The molecular formula is C15H12FN5O. The first-order valence-corrected chi connectivity index (χ1v) is 6.42. The van der Waals surface area contributed by atoms with E-state index in [1.807, 2.05) is 6.07 Å². The Balaban J connectivity index is 1.99. The Morgan fingerprint density at radius 3 is 2.45 bits per heavy atom. The highest BCUT2D eigenvalue weighted by Gasteiger charge is 2.12. The Kier molecular flexibility index (Phi) is 3.53. The number of aromatic nitrogens is 3. The van der Waals surface area contributed by atoms with Crippen LogP contribution in [0.4, 0.5) is 16.2 Å². The van der Waals surface area contributed by atoms with Crippen molar-refractivity contribution in [3.05, 3.63) is 54.3 Å². The van der Waals surface area contributed by atoms with Crippen molar-refractivity contribution in [3.8, 4) is 22.8 Å². The van der Waals surface area contributed by atoms with Gasteiger partial charge in [0.2, 0.25) is 5.95 Å². The first-order valence-electron chi connectivity index (χ1n) is 6.42. The van der Waals surface area contributed by atoms with E-state index in [0.717, 1.165) is 0 Å². The minimum atomic E-state index is -0.498. The van der Waals surface area contributed by atoms with Gasteiger partial charge in [0.15, 0.2) is 17.4 Å². The third kappa shape index (κ3) is 2.78. The molecule has 0 atom stereocenters. The fourth-order valence-corrected chi connectivity index (χ4v) is 1.90. The normalized spacial score (nSPS) is 10.4. The van der Waals surface area contributed by atoms with Crippen LogP contribution >= 0.6 is 0 Å². The number of nitrogens with two attached hydrogens (primary N) is 2. The standard InChI is InChI=1S/C15H12FN5O/c16-11-7-6-9(13-14(17)19-15(18)21-20-13)8-12(11)22-10-4-2-1-3-5-10/h1-8H,(H4,17,18,19,21). The lowest BCUT2D eigenvalue weighted by Crippen LogP contribution is -2.04. The first-order chi connectivity index (χ1) is 10.6. The van der Waals surface area contributed by atoms with E-state index in [9.17, 15) is 4.39 Å². The highest BCUT2D eigenvalue weighted by atomic mass is 19.1. The summed E-state index contributed by atoms with van der Waals surface area (Å²) in [5.41, 5.74) is 12.0. The molecule has 0 saturated heterocycles. The number of hydrogen-bond donors (Lipinski definition) is 2. The van der Waals surface area contributed by atoms with Crippen LogP contribution in [-0.2, 0) is 0 Å². The van der Waals surface area contributed by atoms with E-state index in [1.54, 1.807) is 24.3 Å². The van der Waals surface area contributed by atoms with E-state index >= 15 is 0 Å². The van der Waals surface area contributed by atoms with Crippen LogP contribution in [0.25, 0.3) is 11.3 Å². The molecule has 4 N–H and O–H groups in total. The number of ether oxygens (including phenoxy) is 1. The molecule has 7 heteroatoms. The van der Waals surface area contributed by atoms with Crippen molar-refractivity contribution in [2.45, 2.75) is 0 Å². The molecule has 0 saturated carbocycles. The van der Waals surface area contributed by atoms with Crippen LogP contribution in [-0.4, -0.2) is 15.2 Å². The third-order valence-corrected chi connectivity index (χ3v) is 2.91. The average molecular weight is 297 g/mol. The fourth-order valence-electron chi connectivity index (χ4n) is 1.90. The second-order valence-electron chi connectivity index (χ2n) is 4.46. The quantitative estimate of drug-likeness (QED) is 0.770. The van der Waals surface area contributed by atoms with Crippen LogP contribution < -0.4 is 16.2 Å². The molecule has 0 fully saturated rings. The monoisotopic (exact) mass is 297 g/mol. The second kappa shape index (κ2) is 5.65. The molecule has 0 radical (unpaired) electrons. The first kappa shape index (κ1) is 13.7. The highest BCUT2D eigenvalue weighted by Crippen LogP contribution is 2.30. The molecule has 1 heterocycles. The van der Waals surface area contributed by atoms with Crippen molar-refractivity contribution < 1.29 is 9.13 Å². The van der Waals surface area contributed by atoms with Crippen molar-refractivity contribution >= 4 is 11.8 Å². The van der Waals surface area contributed by atoms with Crippen molar-refractivity contribution in [3.63, 3.8) is 0 Å². The van der Waals surface area contributed by atoms with Gasteiger partial charge in [0, 0.05) is 5.56 Å². The van der Waals surface area contributed by atoms with Crippen molar-refractivity contribution in [2.24, 2.45) is 0 Å². The maximum atomic E-state index is 13.9. The van der Waals surface area contributed by atoms with Gasteiger partial charge in [-0.3, -0.25) is 0 Å². The predicted molar refractivity (Wildman–Crippen MR) is 80.6 cm³/mol. The summed E-state index contributed by atoms with van der Waals surface area (Å²) in [4.78, 5) is 3.83. The van der Waals surface area contributed by atoms with Crippen molar-refractivity contribution in [2.75, 3.05) is 11.5 Å². The van der Waals surface area contributed by atoms with Gasteiger partial charge in [-0.15, -0.1) is 10.2 Å². The highest BCUT2D eigenvalue weighted by molar-refractivity contribution is 5.71. The molecule has 0 unspecified atom stereocenters. The molecule has 0 spiro atoms. The molecule has 0 aliphatic rings. The van der Waals surface area contributed by atoms with E-state index in [-0.39, 0.29) is 17.5 Å². The Bertz CT molecular complexity index is 810. The molecule has 6 nitrogen and oxygen atoms in total. The molecule has 0 amide bonds. The van der Waals surface area contributed by atoms with Gasteiger partial charge in [-0.1, -0.05) is 18.2 Å². The van der Waals surface area contributed by atoms with Crippen LogP contribution in [0.2, 0.25) is 0 Å². The Hall–Kier alpha value is -3.22. The topological polar surface area (TPSA) is 99.9 Å². The maximum absolute atomic E-state index is 13.9. The zero-order chi connectivity index (χ0) is 15.5. The van der Waals surface area contributed by atoms with Gasteiger partial charge in [-0.2, -0.15) is 4.98 Å². The van der Waals surface area contributed by atoms with Crippen LogP contribution in [0.3, 0.4) is 0 Å². The molecule has 22 heavy (non-hydrogen) atoms. The second-order valence-corrected chi connectivity index (χ2v) is 4.46. The van der Waals surface area contributed by atoms with E-state index in [2.05, 4.69) is 15.2 Å². The Morgan fingerprint density at radius 2 is 1.73 bits per heavy atom. The number of anilines is 2. The van der Waals surface area contributed by atoms with Crippen molar-refractivity contribution in [1.29, 1.82) is 0 Å². The van der Waals surface area contributed by atoms with Gasteiger partial charge >= 0.3 is 0 Å². The summed E-state index contributed by atoms with van der Waals surface area (Å²) in [6, 6.07) is 13.2. The maximum Gasteiger partial charge on any atom is 0.242 e. The fraction of sp³-hybridized carbons (Fsp3) is 0. The number of hydrogen-bond acceptors (Lipinski definition) is 6. The van der Waals surface area contributed by atoms with Crippen LogP contribution in [0, 0.1) is 5.82 Å². The SMILES string of the molecule is Nc1nnc(-c2ccc(F)c(Oc3ccccc3)c2)c(N)n1. The van der Waals surface area contributed by atoms with Crippen molar-refractivity contribution in [1.82, 2.24) is 15.2 Å². The lowest BCUT2D eigenvalue weighted by Gasteiger charge is -2.09. The summed E-state index contributed by atoms with van der Waals surface area (Å²) >= 11 is 0. The number of nitrogen functional groups attached to an aromatic ring is 2. The molecule has 0 aliphatic carbocycles. The summed E-state index contributed by atoms with van der Waals surface area (Å²) in [5.74, 6) is 0.172. The van der Waals surface area contributed by atoms with Gasteiger partial charge in [0.25, 0.3) is 0 Å². The zero-order valence-electron chi connectivity index (χ0n) is 11.4. The smallest absolute Gasteiger partial charge is 0.242 e. The molecule has 2 aromatic carbocycles. The third-order valence-electron chi connectivity index (χ3n) is 2.91. The molecule has 1 aromatic heterocycles. The lowest BCUT2D eigenvalue weighted by molar-refractivity contribution is 0.442. The van der Waals surface area contributed by atoms with Crippen LogP contribution in [0.15, 0.2) is 48.5 Å².